The molecule has 0 aliphatic carbocycles. The molecule has 46 heavy (non-hydrogen) atoms. The Morgan fingerprint density at radius 2 is 1.70 bits per heavy atom. The average Bonchev–Trinajstić information content (AvgIpc) is 3.51. The number of nitrogens with zero attached hydrogens (tertiary/aromatic N) is 2. The molecule has 5 rings (SSSR count). The fourth-order valence-corrected chi connectivity index (χ4v) is 5.49. The molecular formula is C35H32ClN5O4S. The van der Waals surface area contributed by atoms with Crippen molar-refractivity contribution in [2.24, 2.45) is 5.10 Å². The summed E-state index contributed by atoms with van der Waals surface area (Å²) in [6.45, 7) is 5.69. The average molecular weight is 654 g/mol. The maximum atomic E-state index is 12.7. The molecule has 234 valence electrons. The lowest BCUT2D eigenvalue weighted by Gasteiger charge is -2.14. The third-order valence-electron chi connectivity index (χ3n) is 6.88. The van der Waals surface area contributed by atoms with Gasteiger partial charge in [-0.15, -0.1) is 11.3 Å². The highest BCUT2D eigenvalue weighted by atomic mass is 35.5. The van der Waals surface area contributed by atoms with Crippen molar-refractivity contribution in [2.75, 3.05) is 24.4 Å². The van der Waals surface area contributed by atoms with Crippen molar-refractivity contribution < 1.29 is 19.1 Å². The molecule has 0 spiro atoms. The van der Waals surface area contributed by atoms with E-state index in [1.807, 2.05) is 80.7 Å². The van der Waals surface area contributed by atoms with Crippen LogP contribution in [0, 0.1) is 20.8 Å². The van der Waals surface area contributed by atoms with Crippen LogP contribution in [-0.4, -0.2) is 36.7 Å². The fraction of sp³-hybridized carbons (Fsp3) is 0.143. The van der Waals surface area contributed by atoms with Gasteiger partial charge < -0.3 is 20.1 Å². The molecule has 4 aromatic carbocycles. The summed E-state index contributed by atoms with van der Waals surface area (Å²) in [4.78, 5) is 29.9. The van der Waals surface area contributed by atoms with Crippen LogP contribution >= 0.6 is 22.9 Å². The van der Waals surface area contributed by atoms with Gasteiger partial charge in [-0.1, -0.05) is 59.1 Å². The number of ether oxygens (including phenoxy) is 2. The van der Waals surface area contributed by atoms with E-state index in [9.17, 15) is 9.59 Å². The van der Waals surface area contributed by atoms with E-state index in [0.717, 1.165) is 33.2 Å². The molecule has 1 aromatic heterocycles. The Morgan fingerprint density at radius 3 is 2.41 bits per heavy atom. The second-order valence-corrected chi connectivity index (χ2v) is 11.8. The third kappa shape index (κ3) is 8.29. The van der Waals surface area contributed by atoms with E-state index in [4.69, 9.17) is 21.1 Å². The fourth-order valence-electron chi connectivity index (χ4n) is 4.48. The Labute approximate surface area is 276 Å². The van der Waals surface area contributed by atoms with Gasteiger partial charge >= 0.3 is 0 Å². The molecule has 0 saturated carbocycles. The van der Waals surface area contributed by atoms with Gasteiger partial charge in [-0.2, -0.15) is 5.10 Å². The minimum Gasteiger partial charge on any atom is -0.493 e. The zero-order valence-corrected chi connectivity index (χ0v) is 27.3. The maximum absolute atomic E-state index is 12.7. The van der Waals surface area contributed by atoms with Gasteiger partial charge in [0.05, 0.1) is 24.0 Å². The lowest BCUT2D eigenvalue weighted by atomic mass is 10.1. The molecule has 0 saturated heterocycles. The van der Waals surface area contributed by atoms with Gasteiger partial charge in [0.15, 0.2) is 23.2 Å². The predicted octanol–water partition coefficient (Wildman–Crippen LogP) is 7.92. The molecule has 0 unspecified atom stereocenters. The second-order valence-electron chi connectivity index (χ2n) is 10.5. The van der Waals surface area contributed by atoms with Crippen molar-refractivity contribution in [2.45, 2.75) is 20.8 Å². The van der Waals surface area contributed by atoms with Crippen LogP contribution in [0.3, 0.4) is 0 Å². The molecule has 11 heteroatoms. The summed E-state index contributed by atoms with van der Waals surface area (Å²) < 4.78 is 11.1. The molecule has 2 amide bonds. The molecule has 0 fully saturated rings. The molecule has 1 heterocycles. The van der Waals surface area contributed by atoms with Crippen molar-refractivity contribution in [3.8, 4) is 22.8 Å². The molecule has 0 atom stereocenters. The van der Waals surface area contributed by atoms with E-state index in [2.05, 4.69) is 26.1 Å². The van der Waals surface area contributed by atoms with E-state index in [1.165, 1.54) is 30.2 Å². The van der Waals surface area contributed by atoms with Crippen LogP contribution in [0.25, 0.3) is 11.3 Å². The van der Waals surface area contributed by atoms with Crippen LogP contribution in [0.1, 0.15) is 32.6 Å². The van der Waals surface area contributed by atoms with E-state index >= 15 is 0 Å². The van der Waals surface area contributed by atoms with Crippen LogP contribution in [-0.2, 0) is 4.79 Å². The number of amides is 2. The van der Waals surface area contributed by atoms with E-state index < -0.39 is 0 Å². The lowest BCUT2D eigenvalue weighted by Crippen LogP contribution is -2.21. The Morgan fingerprint density at radius 1 is 0.957 bits per heavy atom. The third-order valence-corrected chi connectivity index (χ3v) is 7.92. The first kappa shape index (κ1) is 32.2. The quantitative estimate of drug-likeness (QED) is 0.0986. The van der Waals surface area contributed by atoms with Crippen molar-refractivity contribution in [1.82, 2.24) is 10.4 Å². The highest BCUT2D eigenvalue weighted by Gasteiger charge is 2.15. The summed E-state index contributed by atoms with van der Waals surface area (Å²) in [5.41, 5.74) is 10.1. The van der Waals surface area contributed by atoms with Crippen molar-refractivity contribution in [1.29, 1.82) is 0 Å². The predicted molar refractivity (Wildman–Crippen MR) is 185 cm³/mol. The van der Waals surface area contributed by atoms with E-state index in [1.54, 1.807) is 24.3 Å². The number of aromatic nitrogens is 1. The first-order chi connectivity index (χ1) is 22.2. The molecule has 0 bridgehead atoms. The summed E-state index contributed by atoms with van der Waals surface area (Å²) in [5.74, 6) is -0.178. The monoisotopic (exact) mass is 653 g/mol. The molecule has 5 aromatic rings. The first-order valence-corrected chi connectivity index (χ1v) is 15.5. The van der Waals surface area contributed by atoms with Gasteiger partial charge in [0.2, 0.25) is 0 Å². The maximum Gasteiger partial charge on any atom is 0.271 e. The number of thiazole rings is 1. The van der Waals surface area contributed by atoms with Gasteiger partial charge in [-0.25, -0.2) is 10.4 Å². The van der Waals surface area contributed by atoms with Gasteiger partial charge in [-0.05, 0) is 74.4 Å². The number of carbonyl (C=O) groups excluding carboxylic acids is 2. The molecule has 0 radical (unpaired) electrons. The Hall–Kier alpha value is -5.19. The standard InChI is InChI=1S/C35H32ClN5O4S/c1-21-5-12-27(13-6-21)38-35-40-30(20-46-35)25-8-10-26(11-9-25)34(43)41-37-18-24-16-28(36)33(31(17-24)44-4)45-19-32(42)39-29-14-7-22(2)15-23(29)3/h5-18,20H,19H2,1-4H3,(H,38,40)(H,39,42)(H,41,43)/b37-18+. The number of methoxy groups -OCH3 is 1. The normalized spacial score (nSPS) is 10.9. The Bertz CT molecular complexity index is 1890. The highest BCUT2D eigenvalue weighted by molar-refractivity contribution is 7.14. The number of anilines is 3. The van der Waals surface area contributed by atoms with Gasteiger partial charge in [0, 0.05) is 27.9 Å². The number of aryl methyl sites for hydroxylation is 3. The second kappa shape index (κ2) is 14.7. The summed E-state index contributed by atoms with van der Waals surface area (Å²) in [5, 5.41) is 13.2. The van der Waals surface area contributed by atoms with Crippen LogP contribution in [0.2, 0.25) is 5.02 Å². The number of hydrogen-bond donors (Lipinski definition) is 3. The van der Waals surface area contributed by atoms with Crippen molar-refractivity contribution >= 4 is 57.5 Å². The molecule has 0 aliphatic heterocycles. The Kier molecular flexibility index (Phi) is 10.3. The topological polar surface area (TPSA) is 114 Å². The van der Waals surface area contributed by atoms with Gasteiger partial charge in [0.1, 0.15) is 0 Å². The number of halogens is 1. The van der Waals surface area contributed by atoms with Crippen molar-refractivity contribution in [3.63, 3.8) is 0 Å². The zero-order valence-electron chi connectivity index (χ0n) is 25.7. The number of carbonyl (C=O) groups is 2. The minimum atomic E-state index is -0.379. The summed E-state index contributed by atoms with van der Waals surface area (Å²) in [6.07, 6.45) is 1.44. The lowest BCUT2D eigenvalue weighted by molar-refractivity contribution is -0.118. The highest BCUT2D eigenvalue weighted by Crippen LogP contribution is 2.36. The van der Waals surface area contributed by atoms with Crippen molar-refractivity contribution in [3.05, 3.63) is 117 Å². The SMILES string of the molecule is COc1cc(/C=N/NC(=O)c2ccc(-c3csc(Nc4ccc(C)cc4)n3)cc2)cc(Cl)c1OCC(=O)Nc1ccc(C)cc1C. The van der Waals surface area contributed by atoms with Gasteiger partial charge in [0.25, 0.3) is 11.8 Å². The van der Waals surface area contributed by atoms with E-state index in [0.29, 0.717) is 22.6 Å². The zero-order chi connectivity index (χ0) is 32.6. The molecule has 9 nitrogen and oxygen atoms in total. The number of hydrazone groups is 1. The number of hydrogen-bond acceptors (Lipinski definition) is 8. The number of nitrogens with one attached hydrogen (secondary N) is 3. The summed E-state index contributed by atoms with van der Waals surface area (Å²) in [7, 11) is 1.47. The van der Waals surface area contributed by atoms with Crippen LogP contribution in [0.15, 0.2) is 89.3 Å². The summed E-state index contributed by atoms with van der Waals surface area (Å²) in [6, 6.07) is 24.2. The van der Waals surface area contributed by atoms with Crippen LogP contribution in [0.5, 0.6) is 11.5 Å². The minimum absolute atomic E-state index is 0.222. The number of benzene rings is 4. The molecule has 0 aliphatic rings. The van der Waals surface area contributed by atoms with Gasteiger partial charge in [-0.3, -0.25) is 9.59 Å². The molecule has 3 N–H and O–H groups in total. The van der Waals surface area contributed by atoms with Crippen LogP contribution in [0.4, 0.5) is 16.5 Å². The van der Waals surface area contributed by atoms with E-state index in [-0.39, 0.29) is 29.2 Å². The summed E-state index contributed by atoms with van der Waals surface area (Å²) >= 11 is 7.96. The van der Waals surface area contributed by atoms with Crippen LogP contribution < -0.4 is 25.5 Å². The molecular weight excluding hydrogens is 622 g/mol. The smallest absolute Gasteiger partial charge is 0.271 e. The Balaban J connectivity index is 1.16. The number of rotatable bonds is 11. The first-order valence-electron chi connectivity index (χ1n) is 14.3. The largest absolute Gasteiger partial charge is 0.493 e.